The zero-order valence-electron chi connectivity index (χ0n) is 16.8. The smallest absolute Gasteiger partial charge is 0.258 e. The van der Waals surface area contributed by atoms with Gasteiger partial charge in [-0.25, -0.2) is 0 Å². The molecule has 0 bridgehead atoms. The molecule has 0 saturated carbocycles. The summed E-state index contributed by atoms with van der Waals surface area (Å²) in [7, 11) is 0. The van der Waals surface area contributed by atoms with Gasteiger partial charge in [0, 0.05) is 35.0 Å². The fourth-order valence-electron chi connectivity index (χ4n) is 3.34. The van der Waals surface area contributed by atoms with Crippen LogP contribution in [-0.4, -0.2) is 32.9 Å². The first-order valence-corrected chi connectivity index (χ1v) is 10.2. The van der Waals surface area contributed by atoms with Crippen LogP contribution >= 0.6 is 11.6 Å². The Bertz CT molecular complexity index is 1170. The van der Waals surface area contributed by atoms with Crippen molar-refractivity contribution >= 4 is 22.4 Å². The Kier molecular flexibility index (Phi) is 5.97. The van der Waals surface area contributed by atoms with Gasteiger partial charge in [-0.1, -0.05) is 35.0 Å². The van der Waals surface area contributed by atoms with E-state index >= 15 is 0 Å². The quantitative estimate of drug-likeness (QED) is 0.433. The average Bonchev–Trinajstić information content (AvgIpc) is 3.23. The van der Waals surface area contributed by atoms with E-state index in [1.807, 2.05) is 44.2 Å². The normalized spacial score (nSPS) is 11.4. The lowest BCUT2D eigenvalue weighted by atomic mass is 10.0. The standard InChI is InChI=1S/C23H22ClN3O3/c1-14(2)29-21-9-8-15(13-19(21)24)23-26-22(27-30-23)18-6-3-5-17-16(18)10-11-25-20(17)7-4-12-28/h3,5-6,8-11,13-14,28H,4,7,12H2,1-2H3. The highest BCUT2D eigenvalue weighted by molar-refractivity contribution is 6.32. The Morgan fingerprint density at radius 2 is 2.00 bits per heavy atom. The maximum Gasteiger partial charge on any atom is 0.258 e. The number of aliphatic hydroxyl groups excluding tert-OH is 1. The molecule has 0 radical (unpaired) electrons. The highest BCUT2D eigenvalue weighted by Gasteiger charge is 2.16. The lowest BCUT2D eigenvalue weighted by Gasteiger charge is -2.11. The lowest BCUT2D eigenvalue weighted by Crippen LogP contribution is -2.05. The van der Waals surface area contributed by atoms with Gasteiger partial charge in [-0.05, 0) is 56.3 Å². The third kappa shape index (κ3) is 4.15. The maximum atomic E-state index is 9.15. The van der Waals surface area contributed by atoms with E-state index in [1.165, 1.54) is 0 Å². The van der Waals surface area contributed by atoms with Gasteiger partial charge in [0.15, 0.2) is 0 Å². The number of fused-ring (bicyclic) bond motifs is 1. The zero-order valence-corrected chi connectivity index (χ0v) is 17.6. The third-order valence-electron chi connectivity index (χ3n) is 4.67. The van der Waals surface area contributed by atoms with E-state index in [-0.39, 0.29) is 12.7 Å². The van der Waals surface area contributed by atoms with E-state index in [4.69, 9.17) is 26.0 Å². The molecule has 0 unspecified atom stereocenters. The van der Waals surface area contributed by atoms with Crippen LogP contribution in [0.2, 0.25) is 5.02 Å². The van der Waals surface area contributed by atoms with Crippen LogP contribution in [0.15, 0.2) is 53.2 Å². The summed E-state index contributed by atoms with van der Waals surface area (Å²) in [5.41, 5.74) is 2.53. The molecule has 4 aromatic rings. The minimum Gasteiger partial charge on any atom is -0.489 e. The van der Waals surface area contributed by atoms with Crippen molar-refractivity contribution in [3.8, 4) is 28.6 Å². The van der Waals surface area contributed by atoms with Crippen LogP contribution in [0.5, 0.6) is 5.75 Å². The Balaban J connectivity index is 1.69. The van der Waals surface area contributed by atoms with Crippen LogP contribution < -0.4 is 4.74 Å². The molecule has 0 saturated heterocycles. The minimum atomic E-state index is 0.0338. The number of hydrogen-bond donors (Lipinski definition) is 1. The molecule has 1 N–H and O–H groups in total. The molecule has 2 aromatic heterocycles. The fraction of sp³-hybridized carbons (Fsp3) is 0.261. The highest BCUT2D eigenvalue weighted by Crippen LogP contribution is 2.33. The summed E-state index contributed by atoms with van der Waals surface area (Å²) < 4.78 is 11.2. The van der Waals surface area contributed by atoms with E-state index in [0.29, 0.717) is 35.3 Å². The Hall–Kier alpha value is -2.96. The molecule has 0 spiro atoms. The van der Waals surface area contributed by atoms with Crippen LogP contribution in [0, 0.1) is 0 Å². The van der Waals surface area contributed by atoms with Gasteiger partial charge in [-0.15, -0.1) is 0 Å². The first-order valence-electron chi connectivity index (χ1n) is 9.85. The van der Waals surface area contributed by atoms with E-state index in [1.54, 1.807) is 18.3 Å². The molecule has 7 heteroatoms. The molecule has 0 aliphatic heterocycles. The van der Waals surface area contributed by atoms with Gasteiger partial charge < -0.3 is 14.4 Å². The average molecular weight is 424 g/mol. The second-order valence-corrected chi connectivity index (χ2v) is 7.63. The number of nitrogens with zero attached hydrogens (tertiary/aromatic N) is 3. The molecule has 6 nitrogen and oxygen atoms in total. The van der Waals surface area contributed by atoms with Crippen LogP contribution in [0.1, 0.15) is 26.0 Å². The van der Waals surface area contributed by atoms with Crippen LogP contribution in [0.4, 0.5) is 0 Å². The van der Waals surface area contributed by atoms with E-state index < -0.39 is 0 Å². The second-order valence-electron chi connectivity index (χ2n) is 7.22. The number of hydrogen-bond acceptors (Lipinski definition) is 6. The predicted molar refractivity (Wildman–Crippen MR) is 117 cm³/mol. The number of aromatic nitrogens is 3. The molecule has 0 aliphatic carbocycles. The number of ether oxygens (including phenoxy) is 1. The van der Waals surface area contributed by atoms with Crippen LogP contribution in [-0.2, 0) is 6.42 Å². The van der Waals surface area contributed by atoms with Gasteiger partial charge in [0.1, 0.15) is 5.75 Å². The number of halogens is 1. The number of aliphatic hydroxyl groups is 1. The summed E-state index contributed by atoms with van der Waals surface area (Å²) in [5, 5.41) is 15.8. The van der Waals surface area contributed by atoms with Crippen molar-refractivity contribution in [2.45, 2.75) is 32.8 Å². The predicted octanol–water partition coefficient (Wildman–Crippen LogP) is 5.32. The molecule has 2 aromatic carbocycles. The fourth-order valence-corrected chi connectivity index (χ4v) is 3.57. The molecule has 0 aliphatic rings. The van der Waals surface area contributed by atoms with E-state index in [2.05, 4.69) is 15.1 Å². The highest BCUT2D eigenvalue weighted by atomic mass is 35.5. The topological polar surface area (TPSA) is 81.3 Å². The molecule has 154 valence electrons. The molecular formula is C23H22ClN3O3. The number of rotatable bonds is 7. The number of aryl methyl sites for hydroxylation is 1. The molecule has 30 heavy (non-hydrogen) atoms. The minimum absolute atomic E-state index is 0.0338. The summed E-state index contributed by atoms with van der Waals surface area (Å²) in [5.74, 6) is 1.50. The van der Waals surface area contributed by atoms with Crippen LogP contribution in [0.3, 0.4) is 0 Å². The third-order valence-corrected chi connectivity index (χ3v) is 4.96. The first-order chi connectivity index (χ1) is 14.6. The Labute approximate surface area is 179 Å². The van der Waals surface area contributed by atoms with Crippen molar-refractivity contribution in [1.29, 1.82) is 0 Å². The van der Waals surface area contributed by atoms with Crippen molar-refractivity contribution in [2.24, 2.45) is 0 Å². The van der Waals surface area contributed by atoms with Crippen molar-refractivity contribution < 1.29 is 14.4 Å². The zero-order chi connectivity index (χ0) is 21.1. The summed E-state index contributed by atoms with van der Waals surface area (Å²) in [4.78, 5) is 9.06. The van der Waals surface area contributed by atoms with Gasteiger partial charge in [0.05, 0.1) is 11.1 Å². The molecule has 0 amide bonds. The second kappa shape index (κ2) is 8.81. The molecule has 0 atom stereocenters. The van der Waals surface area contributed by atoms with Gasteiger partial charge in [0.2, 0.25) is 5.82 Å². The summed E-state index contributed by atoms with van der Waals surface area (Å²) in [6, 6.07) is 13.3. The van der Waals surface area contributed by atoms with Gasteiger partial charge in [0.25, 0.3) is 5.89 Å². The Morgan fingerprint density at radius 3 is 2.77 bits per heavy atom. The monoisotopic (exact) mass is 423 g/mol. The van der Waals surface area contributed by atoms with Gasteiger partial charge in [-0.3, -0.25) is 4.98 Å². The van der Waals surface area contributed by atoms with E-state index in [9.17, 15) is 0 Å². The summed E-state index contributed by atoms with van der Waals surface area (Å²) >= 11 is 6.34. The maximum absolute atomic E-state index is 9.15. The molecule has 0 fully saturated rings. The summed E-state index contributed by atoms with van der Waals surface area (Å²) in [6.07, 6.45) is 3.18. The molecular weight excluding hydrogens is 402 g/mol. The summed E-state index contributed by atoms with van der Waals surface area (Å²) in [6.45, 7) is 4.03. The largest absolute Gasteiger partial charge is 0.489 e. The van der Waals surface area contributed by atoms with Crippen molar-refractivity contribution in [1.82, 2.24) is 15.1 Å². The SMILES string of the molecule is CC(C)Oc1ccc(-c2nc(-c3cccc4c(CCCO)nccc34)no2)cc1Cl. The van der Waals surface area contributed by atoms with Crippen molar-refractivity contribution in [2.75, 3.05) is 6.61 Å². The number of pyridine rings is 1. The lowest BCUT2D eigenvalue weighted by molar-refractivity contribution is 0.242. The van der Waals surface area contributed by atoms with Gasteiger partial charge >= 0.3 is 0 Å². The first kappa shape index (κ1) is 20.3. The number of benzene rings is 2. The van der Waals surface area contributed by atoms with Crippen LogP contribution in [0.25, 0.3) is 33.6 Å². The molecule has 2 heterocycles. The van der Waals surface area contributed by atoms with Crippen molar-refractivity contribution in [3.63, 3.8) is 0 Å². The van der Waals surface area contributed by atoms with E-state index in [0.717, 1.165) is 27.6 Å². The van der Waals surface area contributed by atoms with Crippen molar-refractivity contribution in [3.05, 3.63) is 59.4 Å². The molecule has 4 rings (SSSR count). The Morgan fingerprint density at radius 1 is 1.13 bits per heavy atom. The van der Waals surface area contributed by atoms with Gasteiger partial charge in [-0.2, -0.15) is 4.98 Å².